The summed E-state index contributed by atoms with van der Waals surface area (Å²) in [6.07, 6.45) is 3.59. The third-order valence-electron chi connectivity index (χ3n) is 2.71. The van der Waals surface area contributed by atoms with Crippen LogP contribution in [0.3, 0.4) is 0 Å². The second-order valence-corrected chi connectivity index (χ2v) is 4.00. The number of para-hydroxylation sites is 1. The smallest absolute Gasteiger partial charge is 0.337 e. The second-order valence-electron chi connectivity index (χ2n) is 4.00. The number of benzene rings is 1. The van der Waals surface area contributed by atoms with Crippen LogP contribution in [0, 0.1) is 6.92 Å². The number of rotatable bonds is 5. The molecule has 5 heteroatoms. The SMILES string of the molecule is Cc1cccc(C(=O)O)c1NCCn1cccn1. The van der Waals surface area contributed by atoms with Gasteiger partial charge in [-0.2, -0.15) is 5.10 Å². The van der Waals surface area contributed by atoms with E-state index in [1.54, 1.807) is 23.0 Å². The molecule has 0 saturated heterocycles. The molecular formula is C13H15N3O2. The Kier molecular flexibility index (Phi) is 3.62. The van der Waals surface area contributed by atoms with Crippen LogP contribution in [-0.2, 0) is 6.54 Å². The first-order valence-corrected chi connectivity index (χ1v) is 5.72. The molecular weight excluding hydrogens is 230 g/mol. The molecule has 0 radical (unpaired) electrons. The molecule has 1 aromatic carbocycles. The fourth-order valence-electron chi connectivity index (χ4n) is 1.81. The van der Waals surface area contributed by atoms with E-state index in [1.807, 2.05) is 25.3 Å². The van der Waals surface area contributed by atoms with Gasteiger partial charge in [-0.15, -0.1) is 0 Å². The molecule has 1 heterocycles. The van der Waals surface area contributed by atoms with Crippen LogP contribution >= 0.6 is 0 Å². The maximum atomic E-state index is 11.1. The number of hydrogen-bond donors (Lipinski definition) is 2. The van der Waals surface area contributed by atoms with Crippen molar-refractivity contribution in [2.45, 2.75) is 13.5 Å². The van der Waals surface area contributed by atoms with Crippen LogP contribution in [0.1, 0.15) is 15.9 Å². The molecule has 0 bridgehead atoms. The van der Waals surface area contributed by atoms with Crippen LogP contribution in [0.15, 0.2) is 36.7 Å². The highest BCUT2D eigenvalue weighted by molar-refractivity contribution is 5.95. The van der Waals surface area contributed by atoms with Gasteiger partial charge in [0.25, 0.3) is 0 Å². The molecule has 18 heavy (non-hydrogen) atoms. The summed E-state index contributed by atoms with van der Waals surface area (Å²) in [6, 6.07) is 7.10. The zero-order valence-corrected chi connectivity index (χ0v) is 10.1. The number of carboxylic acid groups (broad SMARTS) is 1. The third kappa shape index (κ3) is 2.68. The summed E-state index contributed by atoms with van der Waals surface area (Å²) < 4.78 is 1.80. The van der Waals surface area contributed by atoms with Crippen molar-refractivity contribution in [3.05, 3.63) is 47.8 Å². The summed E-state index contributed by atoms with van der Waals surface area (Å²) in [5.41, 5.74) is 1.91. The highest BCUT2D eigenvalue weighted by Crippen LogP contribution is 2.20. The van der Waals surface area contributed by atoms with E-state index in [1.165, 1.54) is 0 Å². The predicted molar refractivity (Wildman–Crippen MR) is 68.9 cm³/mol. The van der Waals surface area contributed by atoms with Crippen molar-refractivity contribution in [3.8, 4) is 0 Å². The van der Waals surface area contributed by atoms with E-state index in [9.17, 15) is 4.79 Å². The van der Waals surface area contributed by atoms with Gasteiger partial charge in [0.1, 0.15) is 0 Å². The Morgan fingerprint density at radius 1 is 1.44 bits per heavy atom. The van der Waals surface area contributed by atoms with E-state index in [2.05, 4.69) is 10.4 Å². The minimum atomic E-state index is -0.916. The van der Waals surface area contributed by atoms with Gasteiger partial charge in [-0.05, 0) is 24.6 Å². The number of carbonyl (C=O) groups is 1. The molecule has 0 aliphatic rings. The lowest BCUT2D eigenvalue weighted by Crippen LogP contribution is -2.14. The van der Waals surface area contributed by atoms with Crippen molar-refractivity contribution in [1.82, 2.24) is 9.78 Å². The van der Waals surface area contributed by atoms with Gasteiger partial charge in [-0.3, -0.25) is 4.68 Å². The van der Waals surface area contributed by atoms with Crippen LogP contribution in [-0.4, -0.2) is 27.4 Å². The van der Waals surface area contributed by atoms with Gasteiger partial charge >= 0.3 is 5.97 Å². The van der Waals surface area contributed by atoms with Gasteiger partial charge in [0.05, 0.1) is 17.8 Å². The molecule has 5 nitrogen and oxygen atoms in total. The summed E-state index contributed by atoms with van der Waals surface area (Å²) in [5, 5.41) is 16.4. The Morgan fingerprint density at radius 2 is 2.28 bits per heavy atom. The predicted octanol–water partition coefficient (Wildman–Crippen LogP) is 2.00. The topological polar surface area (TPSA) is 67.2 Å². The van der Waals surface area contributed by atoms with Crippen molar-refractivity contribution in [1.29, 1.82) is 0 Å². The van der Waals surface area contributed by atoms with Gasteiger partial charge in [0, 0.05) is 18.9 Å². The Hall–Kier alpha value is -2.30. The standard InChI is InChI=1S/C13H15N3O2/c1-10-4-2-5-11(13(17)18)12(10)14-7-9-16-8-3-6-15-16/h2-6,8,14H,7,9H2,1H3,(H,17,18). The number of nitrogens with zero attached hydrogens (tertiary/aromatic N) is 2. The molecule has 2 N–H and O–H groups in total. The average molecular weight is 245 g/mol. The van der Waals surface area contributed by atoms with Gasteiger partial charge < -0.3 is 10.4 Å². The van der Waals surface area contributed by atoms with Crippen LogP contribution in [0.25, 0.3) is 0 Å². The number of carboxylic acids is 1. The zero-order chi connectivity index (χ0) is 13.0. The van der Waals surface area contributed by atoms with Crippen molar-refractivity contribution < 1.29 is 9.90 Å². The minimum Gasteiger partial charge on any atom is -0.478 e. The molecule has 0 unspecified atom stereocenters. The summed E-state index contributed by atoms with van der Waals surface area (Å²) >= 11 is 0. The van der Waals surface area contributed by atoms with E-state index in [-0.39, 0.29) is 0 Å². The van der Waals surface area contributed by atoms with Crippen LogP contribution in [0.5, 0.6) is 0 Å². The number of nitrogens with one attached hydrogen (secondary N) is 1. The number of aryl methyl sites for hydroxylation is 1. The highest BCUT2D eigenvalue weighted by atomic mass is 16.4. The summed E-state index contributed by atoms with van der Waals surface area (Å²) in [5.74, 6) is -0.916. The molecule has 0 aliphatic heterocycles. The molecule has 0 amide bonds. The van der Waals surface area contributed by atoms with Gasteiger partial charge in [-0.25, -0.2) is 4.79 Å². The van der Waals surface area contributed by atoms with Crippen LogP contribution < -0.4 is 5.32 Å². The van der Waals surface area contributed by atoms with Crippen molar-refractivity contribution >= 4 is 11.7 Å². The average Bonchev–Trinajstić information content (AvgIpc) is 2.84. The fourth-order valence-corrected chi connectivity index (χ4v) is 1.81. The normalized spacial score (nSPS) is 10.3. The zero-order valence-electron chi connectivity index (χ0n) is 10.1. The highest BCUT2D eigenvalue weighted by Gasteiger charge is 2.11. The Labute approximate surface area is 105 Å². The maximum Gasteiger partial charge on any atom is 0.337 e. The Balaban J connectivity index is 2.06. The molecule has 0 atom stereocenters. The monoisotopic (exact) mass is 245 g/mol. The van der Waals surface area contributed by atoms with Gasteiger partial charge in [0.15, 0.2) is 0 Å². The lowest BCUT2D eigenvalue weighted by molar-refractivity contribution is 0.0698. The second kappa shape index (κ2) is 5.35. The van der Waals surface area contributed by atoms with E-state index in [0.29, 0.717) is 24.3 Å². The molecule has 1 aromatic heterocycles. The Bertz CT molecular complexity index is 535. The van der Waals surface area contributed by atoms with Crippen molar-refractivity contribution in [3.63, 3.8) is 0 Å². The Morgan fingerprint density at radius 3 is 2.94 bits per heavy atom. The molecule has 0 aliphatic carbocycles. The maximum absolute atomic E-state index is 11.1. The molecule has 94 valence electrons. The van der Waals surface area contributed by atoms with Crippen LogP contribution in [0.2, 0.25) is 0 Å². The van der Waals surface area contributed by atoms with E-state index in [4.69, 9.17) is 5.11 Å². The van der Waals surface area contributed by atoms with E-state index in [0.717, 1.165) is 5.56 Å². The quantitative estimate of drug-likeness (QED) is 0.845. The van der Waals surface area contributed by atoms with Gasteiger partial charge in [0.2, 0.25) is 0 Å². The minimum absolute atomic E-state index is 0.301. The first kappa shape index (κ1) is 12.2. The summed E-state index contributed by atoms with van der Waals surface area (Å²) in [6.45, 7) is 3.22. The molecule has 0 saturated carbocycles. The number of anilines is 1. The van der Waals surface area contributed by atoms with Crippen molar-refractivity contribution in [2.75, 3.05) is 11.9 Å². The van der Waals surface area contributed by atoms with Gasteiger partial charge in [-0.1, -0.05) is 12.1 Å². The largest absolute Gasteiger partial charge is 0.478 e. The number of aromatic nitrogens is 2. The molecule has 2 aromatic rings. The number of aromatic carboxylic acids is 1. The fraction of sp³-hybridized carbons (Fsp3) is 0.231. The molecule has 2 rings (SSSR count). The molecule has 0 fully saturated rings. The lowest BCUT2D eigenvalue weighted by Gasteiger charge is -2.12. The third-order valence-corrected chi connectivity index (χ3v) is 2.71. The van der Waals surface area contributed by atoms with E-state index < -0.39 is 5.97 Å². The summed E-state index contributed by atoms with van der Waals surface area (Å²) in [4.78, 5) is 11.1. The first-order valence-electron chi connectivity index (χ1n) is 5.72. The summed E-state index contributed by atoms with van der Waals surface area (Å²) in [7, 11) is 0. The van der Waals surface area contributed by atoms with Crippen molar-refractivity contribution in [2.24, 2.45) is 0 Å². The number of hydrogen-bond acceptors (Lipinski definition) is 3. The lowest BCUT2D eigenvalue weighted by atomic mass is 10.1. The van der Waals surface area contributed by atoms with Crippen LogP contribution in [0.4, 0.5) is 5.69 Å². The van der Waals surface area contributed by atoms with E-state index >= 15 is 0 Å². The first-order chi connectivity index (χ1) is 8.68. The molecule has 0 spiro atoms.